The fourth-order valence-electron chi connectivity index (χ4n) is 2.11. The number of rotatable bonds is 7. The molecule has 0 saturated carbocycles. The molecule has 1 aromatic heterocycles. The van der Waals surface area contributed by atoms with Crippen LogP contribution in [-0.2, 0) is 6.54 Å². The Labute approximate surface area is 119 Å². The summed E-state index contributed by atoms with van der Waals surface area (Å²) in [6.07, 6.45) is 4.58. The van der Waals surface area contributed by atoms with Crippen molar-refractivity contribution in [2.24, 2.45) is 0 Å². The van der Waals surface area contributed by atoms with E-state index in [-0.39, 0.29) is 6.04 Å². The average Bonchev–Trinajstić information content (AvgIpc) is 3.01. The Morgan fingerprint density at radius 2 is 1.90 bits per heavy atom. The van der Waals surface area contributed by atoms with Gasteiger partial charge >= 0.3 is 0 Å². The Morgan fingerprint density at radius 1 is 1.20 bits per heavy atom. The quantitative estimate of drug-likeness (QED) is 0.815. The first-order chi connectivity index (χ1) is 9.76. The van der Waals surface area contributed by atoms with Crippen LogP contribution in [0.25, 0.3) is 0 Å². The van der Waals surface area contributed by atoms with Crippen LogP contribution in [0.3, 0.4) is 0 Å². The fraction of sp³-hybridized carbons (Fsp3) is 0.400. The van der Waals surface area contributed by atoms with E-state index in [1.54, 1.807) is 20.4 Å². The highest BCUT2D eigenvalue weighted by Crippen LogP contribution is 2.23. The van der Waals surface area contributed by atoms with Gasteiger partial charge in [0.25, 0.3) is 0 Å². The number of benzene rings is 1. The van der Waals surface area contributed by atoms with Crippen LogP contribution in [0, 0.1) is 0 Å². The van der Waals surface area contributed by atoms with Crippen molar-refractivity contribution in [3.63, 3.8) is 0 Å². The number of aromatic amines is 1. The van der Waals surface area contributed by atoms with Crippen molar-refractivity contribution in [3.8, 4) is 11.5 Å². The molecule has 0 saturated heterocycles. The van der Waals surface area contributed by atoms with Crippen LogP contribution in [0.2, 0.25) is 0 Å². The summed E-state index contributed by atoms with van der Waals surface area (Å²) in [5.41, 5.74) is 1.12. The van der Waals surface area contributed by atoms with E-state index in [1.165, 1.54) is 0 Å². The van der Waals surface area contributed by atoms with Gasteiger partial charge in [-0.25, -0.2) is 4.98 Å². The van der Waals surface area contributed by atoms with Crippen LogP contribution in [0.4, 0.5) is 0 Å². The Kier molecular flexibility index (Phi) is 5.01. The molecule has 1 heterocycles. The highest BCUT2D eigenvalue weighted by atomic mass is 16.5. The van der Waals surface area contributed by atoms with E-state index in [0.29, 0.717) is 0 Å². The van der Waals surface area contributed by atoms with E-state index < -0.39 is 0 Å². The average molecular weight is 275 g/mol. The number of hydrogen-bond donors (Lipinski definition) is 2. The number of imidazole rings is 1. The van der Waals surface area contributed by atoms with E-state index >= 15 is 0 Å². The molecule has 5 nitrogen and oxygen atoms in total. The van der Waals surface area contributed by atoms with Gasteiger partial charge in [-0.3, -0.25) is 0 Å². The molecule has 0 aliphatic rings. The second-order valence-corrected chi connectivity index (χ2v) is 4.54. The maximum Gasteiger partial charge on any atom is 0.123 e. The lowest BCUT2D eigenvalue weighted by atomic mass is 10.1. The number of methoxy groups -OCH3 is 2. The number of nitrogens with zero attached hydrogens (tertiary/aromatic N) is 1. The lowest BCUT2D eigenvalue weighted by Gasteiger charge is -2.15. The number of nitrogens with one attached hydrogen (secondary N) is 2. The summed E-state index contributed by atoms with van der Waals surface area (Å²) in [6.45, 7) is 2.86. The number of ether oxygens (including phenoxy) is 2. The monoisotopic (exact) mass is 275 g/mol. The highest BCUT2D eigenvalue weighted by Gasteiger charge is 2.11. The largest absolute Gasteiger partial charge is 0.497 e. The van der Waals surface area contributed by atoms with E-state index in [4.69, 9.17) is 9.47 Å². The molecule has 0 amide bonds. The minimum Gasteiger partial charge on any atom is -0.497 e. The molecule has 108 valence electrons. The van der Waals surface area contributed by atoms with Crippen molar-refractivity contribution >= 4 is 0 Å². The van der Waals surface area contributed by atoms with Crippen LogP contribution in [0.15, 0.2) is 30.6 Å². The molecular weight excluding hydrogens is 254 g/mol. The fourth-order valence-corrected chi connectivity index (χ4v) is 2.11. The van der Waals surface area contributed by atoms with E-state index in [9.17, 15) is 0 Å². The first-order valence-corrected chi connectivity index (χ1v) is 6.71. The SMILES string of the molecule is CCC(NCc1cc(OC)cc(OC)c1)c1ncc[nH]1. The molecule has 2 rings (SSSR count). The molecule has 1 unspecified atom stereocenters. The molecule has 2 aromatic rings. The second kappa shape index (κ2) is 6.96. The zero-order chi connectivity index (χ0) is 14.4. The minimum atomic E-state index is 0.210. The summed E-state index contributed by atoms with van der Waals surface area (Å²) >= 11 is 0. The molecule has 0 fully saturated rings. The van der Waals surface area contributed by atoms with E-state index in [0.717, 1.165) is 35.9 Å². The molecule has 0 bridgehead atoms. The third kappa shape index (κ3) is 3.51. The Morgan fingerprint density at radius 3 is 2.40 bits per heavy atom. The second-order valence-electron chi connectivity index (χ2n) is 4.54. The van der Waals surface area contributed by atoms with Gasteiger partial charge in [0.15, 0.2) is 0 Å². The van der Waals surface area contributed by atoms with Crippen LogP contribution < -0.4 is 14.8 Å². The van der Waals surface area contributed by atoms with E-state index in [2.05, 4.69) is 22.2 Å². The maximum atomic E-state index is 5.28. The van der Waals surface area contributed by atoms with Crippen LogP contribution in [-0.4, -0.2) is 24.2 Å². The zero-order valence-electron chi connectivity index (χ0n) is 12.1. The molecular formula is C15H21N3O2. The van der Waals surface area contributed by atoms with Crippen LogP contribution in [0.5, 0.6) is 11.5 Å². The topological polar surface area (TPSA) is 59.2 Å². The van der Waals surface area contributed by atoms with Crippen molar-refractivity contribution in [1.29, 1.82) is 0 Å². The van der Waals surface area contributed by atoms with Crippen molar-refractivity contribution in [1.82, 2.24) is 15.3 Å². The smallest absolute Gasteiger partial charge is 0.123 e. The first-order valence-electron chi connectivity index (χ1n) is 6.71. The standard InChI is InChI=1S/C15H21N3O2/c1-4-14(15-16-5-6-17-15)18-10-11-7-12(19-2)9-13(8-11)20-3/h5-9,14,18H,4,10H2,1-3H3,(H,16,17). The van der Waals surface area contributed by atoms with Gasteiger partial charge in [0.2, 0.25) is 0 Å². The number of aromatic nitrogens is 2. The normalized spacial score (nSPS) is 12.2. The molecule has 1 atom stereocenters. The van der Waals surface area contributed by atoms with Gasteiger partial charge in [-0.2, -0.15) is 0 Å². The lowest BCUT2D eigenvalue weighted by molar-refractivity contribution is 0.392. The third-order valence-electron chi connectivity index (χ3n) is 3.22. The molecule has 0 spiro atoms. The third-order valence-corrected chi connectivity index (χ3v) is 3.22. The van der Waals surface area contributed by atoms with Crippen LogP contribution >= 0.6 is 0 Å². The minimum absolute atomic E-state index is 0.210. The van der Waals surface area contributed by atoms with Crippen LogP contribution in [0.1, 0.15) is 30.8 Å². The summed E-state index contributed by atoms with van der Waals surface area (Å²) in [6, 6.07) is 6.09. The molecule has 2 N–H and O–H groups in total. The maximum absolute atomic E-state index is 5.28. The molecule has 0 aliphatic carbocycles. The van der Waals surface area contributed by atoms with Gasteiger partial charge < -0.3 is 19.8 Å². The van der Waals surface area contributed by atoms with Gasteiger partial charge in [0, 0.05) is 25.0 Å². The number of hydrogen-bond acceptors (Lipinski definition) is 4. The predicted molar refractivity (Wildman–Crippen MR) is 78.0 cm³/mol. The Hall–Kier alpha value is -2.01. The lowest BCUT2D eigenvalue weighted by Crippen LogP contribution is -2.21. The van der Waals surface area contributed by atoms with Crippen molar-refractivity contribution in [3.05, 3.63) is 42.0 Å². The summed E-state index contributed by atoms with van der Waals surface area (Å²) in [5.74, 6) is 2.56. The van der Waals surface area contributed by atoms with Gasteiger partial charge in [-0.1, -0.05) is 6.92 Å². The van der Waals surface area contributed by atoms with Gasteiger partial charge in [-0.05, 0) is 24.1 Å². The zero-order valence-corrected chi connectivity index (χ0v) is 12.1. The predicted octanol–water partition coefficient (Wildman–Crippen LogP) is 2.67. The Balaban J connectivity index is 2.06. The summed E-state index contributed by atoms with van der Waals surface area (Å²) < 4.78 is 10.6. The van der Waals surface area contributed by atoms with E-state index in [1.807, 2.05) is 24.4 Å². The van der Waals surface area contributed by atoms with Crippen molar-refractivity contribution in [2.75, 3.05) is 14.2 Å². The summed E-state index contributed by atoms with van der Waals surface area (Å²) in [7, 11) is 3.31. The molecule has 1 aromatic carbocycles. The van der Waals surface area contributed by atoms with Crippen molar-refractivity contribution < 1.29 is 9.47 Å². The molecule has 20 heavy (non-hydrogen) atoms. The molecule has 0 aliphatic heterocycles. The molecule has 0 radical (unpaired) electrons. The summed E-state index contributed by atoms with van der Waals surface area (Å²) in [4.78, 5) is 7.45. The van der Waals surface area contributed by atoms with Gasteiger partial charge in [0.1, 0.15) is 17.3 Å². The number of H-pyrrole nitrogens is 1. The highest BCUT2D eigenvalue weighted by molar-refractivity contribution is 5.38. The first kappa shape index (κ1) is 14.4. The summed E-state index contributed by atoms with van der Waals surface area (Å²) in [5, 5.41) is 3.49. The van der Waals surface area contributed by atoms with Gasteiger partial charge in [0.05, 0.1) is 20.3 Å². The van der Waals surface area contributed by atoms with Crippen molar-refractivity contribution in [2.45, 2.75) is 25.9 Å². The Bertz CT molecular complexity index is 504. The molecule has 5 heteroatoms. The van der Waals surface area contributed by atoms with Gasteiger partial charge in [-0.15, -0.1) is 0 Å².